The van der Waals surface area contributed by atoms with Crippen LogP contribution >= 0.6 is 11.6 Å². The number of anilines is 3. The van der Waals surface area contributed by atoms with Crippen LogP contribution in [0.25, 0.3) is 0 Å². The molecule has 2 aromatic heterocycles. The van der Waals surface area contributed by atoms with Crippen molar-refractivity contribution in [3.63, 3.8) is 0 Å². The van der Waals surface area contributed by atoms with Gasteiger partial charge in [0, 0.05) is 31.2 Å². The zero-order valence-electron chi connectivity index (χ0n) is 20.7. The lowest BCUT2D eigenvalue weighted by Crippen LogP contribution is -2.58. The van der Waals surface area contributed by atoms with Crippen molar-refractivity contribution >= 4 is 38.9 Å². The van der Waals surface area contributed by atoms with Crippen molar-refractivity contribution in [1.82, 2.24) is 19.9 Å². The van der Waals surface area contributed by atoms with Gasteiger partial charge in [0.25, 0.3) is 5.88 Å². The second kappa shape index (κ2) is 10.8. The number of nitrogens with one attached hydrogen (secondary N) is 1. The molecule has 0 spiro atoms. The third kappa shape index (κ3) is 5.59. The third-order valence-electron chi connectivity index (χ3n) is 6.32. The van der Waals surface area contributed by atoms with Gasteiger partial charge in [-0.1, -0.05) is 11.6 Å². The smallest absolute Gasteiger partial charge is 0.262 e. The lowest BCUT2D eigenvalue weighted by atomic mass is 9.84. The van der Waals surface area contributed by atoms with Crippen molar-refractivity contribution in [3.8, 4) is 11.6 Å². The van der Waals surface area contributed by atoms with E-state index < -0.39 is 15.7 Å². The highest BCUT2D eigenvalue weighted by atomic mass is 35.5. The molecule has 2 saturated heterocycles. The Kier molecular flexibility index (Phi) is 7.50. The molecule has 1 aromatic carbocycles. The lowest BCUT2D eigenvalue weighted by Gasteiger charge is -2.46. The van der Waals surface area contributed by atoms with Gasteiger partial charge < -0.3 is 24.4 Å². The van der Waals surface area contributed by atoms with Gasteiger partial charge >= 0.3 is 0 Å². The van der Waals surface area contributed by atoms with Crippen LogP contribution in [0.5, 0.6) is 11.6 Å². The van der Waals surface area contributed by atoms with Gasteiger partial charge in [0.05, 0.1) is 47.8 Å². The maximum Gasteiger partial charge on any atom is 0.262 e. The Hall–Kier alpha value is -3.29. The average molecular weight is 565 g/mol. The molecule has 0 radical (unpaired) electrons. The Bertz CT molecular complexity index is 1400. The number of aromatic nitrogens is 4. The van der Waals surface area contributed by atoms with Crippen LogP contribution in [0.3, 0.4) is 0 Å². The van der Waals surface area contributed by atoms with Crippen molar-refractivity contribution in [2.24, 2.45) is 11.8 Å². The molecule has 5 rings (SSSR count). The summed E-state index contributed by atoms with van der Waals surface area (Å²) in [6.45, 7) is 4.29. The Morgan fingerprint density at radius 2 is 1.87 bits per heavy atom. The van der Waals surface area contributed by atoms with Gasteiger partial charge in [-0.3, -0.25) is 0 Å². The molecule has 2 aliphatic rings. The number of fused-ring (bicyclic) bond motifs is 2. The minimum absolute atomic E-state index is 0.00334. The van der Waals surface area contributed by atoms with Crippen LogP contribution in [-0.4, -0.2) is 73.6 Å². The summed E-state index contributed by atoms with van der Waals surface area (Å²) in [5, 5.41) is 3.35. The SMILES string of the molecule is CCOc1c(Nc2ccc(S(C)(=O)=O)cc2F)ncnc1OC1C2COCC1CN(c1ncc(Cl)cn1)C2. The molecule has 0 amide bonds. The van der Waals surface area contributed by atoms with E-state index in [1.807, 2.05) is 0 Å². The van der Waals surface area contributed by atoms with E-state index in [1.165, 1.54) is 18.5 Å². The summed E-state index contributed by atoms with van der Waals surface area (Å²) in [5.41, 5.74) is 0.0320. The van der Waals surface area contributed by atoms with Crippen molar-refractivity contribution < 1.29 is 27.0 Å². The summed E-state index contributed by atoms with van der Waals surface area (Å²) in [6.07, 6.45) is 5.23. The summed E-state index contributed by atoms with van der Waals surface area (Å²) in [6, 6.07) is 3.61. The Labute approximate surface area is 224 Å². The molecule has 38 heavy (non-hydrogen) atoms. The van der Waals surface area contributed by atoms with Crippen LogP contribution < -0.4 is 19.7 Å². The molecule has 0 aliphatic carbocycles. The molecule has 2 atom stereocenters. The molecule has 4 heterocycles. The predicted molar refractivity (Wildman–Crippen MR) is 137 cm³/mol. The molecule has 11 nitrogen and oxygen atoms in total. The predicted octanol–water partition coefficient (Wildman–Crippen LogP) is 3.14. The first kappa shape index (κ1) is 26.3. The largest absolute Gasteiger partial charge is 0.486 e. The number of piperidine rings is 1. The maximum atomic E-state index is 14.7. The van der Waals surface area contributed by atoms with E-state index in [2.05, 4.69) is 30.2 Å². The maximum absolute atomic E-state index is 14.7. The topological polar surface area (TPSA) is 129 Å². The second-order valence-corrected chi connectivity index (χ2v) is 11.5. The zero-order valence-corrected chi connectivity index (χ0v) is 22.2. The fourth-order valence-corrected chi connectivity index (χ4v) is 5.34. The van der Waals surface area contributed by atoms with E-state index >= 15 is 0 Å². The zero-order chi connectivity index (χ0) is 26.9. The number of sulfone groups is 1. The number of benzene rings is 1. The number of hydrogen-bond donors (Lipinski definition) is 1. The minimum Gasteiger partial charge on any atom is -0.486 e. The highest BCUT2D eigenvalue weighted by molar-refractivity contribution is 7.90. The summed E-state index contributed by atoms with van der Waals surface area (Å²) in [7, 11) is -3.55. The first-order chi connectivity index (χ1) is 18.2. The average Bonchev–Trinajstić information content (AvgIpc) is 2.87. The number of nitrogens with zero attached hydrogens (tertiary/aromatic N) is 5. The number of rotatable bonds is 8. The van der Waals surface area contributed by atoms with E-state index in [4.69, 9.17) is 25.8 Å². The van der Waals surface area contributed by atoms with Gasteiger partial charge in [-0.05, 0) is 25.1 Å². The van der Waals surface area contributed by atoms with Gasteiger partial charge in [0.15, 0.2) is 15.7 Å². The van der Waals surface area contributed by atoms with E-state index in [0.29, 0.717) is 37.3 Å². The quantitative estimate of drug-likeness (QED) is 0.433. The Balaban J connectivity index is 1.38. The number of ether oxygens (including phenoxy) is 3. The molecule has 2 unspecified atom stereocenters. The van der Waals surface area contributed by atoms with E-state index in [1.54, 1.807) is 19.3 Å². The standard InChI is InChI=1S/C24H26ClFN6O5S/c1-3-36-21-22(31-19-5-4-17(6-18(19)26)38(2,33)34)29-13-30-23(21)37-20-14-9-32(10-15(20)12-35-11-14)24-27-7-16(25)8-28-24/h4-8,13-15,20H,3,9-12H2,1-2H3,(H,29,30,31). The molecule has 3 aromatic rings. The second-order valence-electron chi connectivity index (χ2n) is 9.07. The summed E-state index contributed by atoms with van der Waals surface area (Å²) < 4.78 is 56.3. The fraction of sp³-hybridized carbons (Fsp3) is 0.417. The minimum atomic E-state index is -3.55. The Morgan fingerprint density at radius 1 is 1.16 bits per heavy atom. The van der Waals surface area contributed by atoms with Crippen LogP contribution in [0, 0.1) is 17.7 Å². The van der Waals surface area contributed by atoms with Crippen LogP contribution in [0.1, 0.15) is 6.92 Å². The van der Waals surface area contributed by atoms with E-state index in [0.717, 1.165) is 12.3 Å². The lowest BCUT2D eigenvalue weighted by molar-refractivity contribution is -0.0776. The number of halogens is 2. The molecule has 2 aliphatic heterocycles. The van der Waals surface area contributed by atoms with Gasteiger partial charge in [0.2, 0.25) is 11.7 Å². The highest BCUT2D eigenvalue weighted by Crippen LogP contribution is 2.38. The highest BCUT2D eigenvalue weighted by Gasteiger charge is 2.43. The first-order valence-electron chi connectivity index (χ1n) is 11.9. The fourth-order valence-electron chi connectivity index (χ4n) is 4.61. The van der Waals surface area contributed by atoms with Gasteiger partial charge in [-0.15, -0.1) is 0 Å². The first-order valence-corrected chi connectivity index (χ1v) is 14.2. The summed E-state index contributed by atoms with van der Waals surface area (Å²) in [5.74, 6) is 0.486. The van der Waals surface area contributed by atoms with E-state index in [9.17, 15) is 12.8 Å². The molecule has 14 heteroatoms. The van der Waals surface area contributed by atoms with E-state index in [-0.39, 0.29) is 52.6 Å². The van der Waals surface area contributed by atoms with Crippen molar-refractivity contribution in [3.05, 3.63) is 47.8 Å². The van der Waals surface area contributed by atoms with Crippen LogP contribution in [0.4, 0.5) is 21.8 Å². The van der Waals surface area contributed by atoms with Crippen molar-refractivity contribution in [2.75, 3.05) is 49.4 Å². The normalized spacial score (nSPS) is 21.2. The van der Waals surface area contributed by atoms with Gasteiger partial charge in [-0.2, -0.15) is 4.98 Å². The monoisotopic (exact) mass is 564 g/mol. The Morgan fingerprint density at radius 3 is 2.50 bits per heavy atom. The molecule has 2 fully saturated rings. The molecule has 1 N–H and O–H groups in total. The van der Waals surface area contributed by atoms with Gasteiger partial charge in [-0.25, -0.2) is 27.8 Å². The summed E-state index contributed by atoms with van der Waals surface area (Å²) in [4.78, 5) is 19.2. The van der Waals surface area contributed by atoms with Crippen molar-refractivity contribution in [2.45, 2.75) is 17.9 Å². The van der Waals surface area contributed by atoms with Crippen molar-refractivity contribution in [1.29, 1.82) is 0 Å². The number of hydrogen-bond acceptors (Lipinski definition) is 11. The summed E-state index contributed by atoms with van der Waals surface area (Å²) >= 11 is 5.94. The van der Waals surface area contributed by atoms with Gasteiger partial charge in [0.1, 0.15) is 18.2 Å². The van der Waals surface area contributed by atoms with Crippen LogP contribution in [-0.2, 0) is 14.6 Å². The molecule has 202 valence electrons. The molecule has 0 saturated carbocycles. The molecular weight excluding hydrogens is 539 g/mol. The van der Waals surface area contributed by atoms with Crippen LogP contribution in [0.15, 0.2) is 41.8 Å². The van der Waals surface area contributed by atoms with Crippen LogP contribution in [0.2, 0.25) is 5.02 Å². The third-order valence-corrected chi connectivity index (χ3v) is 7.63. The molecule has 2 bridgehead atoms. The molecular formula is C24H26ClFN6O5S.